The van der Waals surface area contributed by atoms with Gasteiger partial charge in [-0.2, -0.15) is 0 Å². The van der Waals surface area contributed by atoms with Gasteiger partial charge in [-0.3, -0.25) is 0 Å². The SMILES string of the molecule is Nc1nc(C2=C(Cl)C(F)CC=C2Cl)cs1. The zero-order valence-electron chi connectivity index (χ0n) is 7.51. The number of hydrogen-bond acceptors (Lipinski definition) is 3. The highest BCUT2D eigenvalue weighted by Crippen LogP contribution is 2.39. The third kappa shape index (κ3) is 2.02. The number of anilines is 1. The van der Waals surface area contributed by atoms with Crippen molar-refractivity contribution in [3.63, 3.8) is 0 Å². The number of rotatable bonds is 1. The Morgan fingerprint density at radius 2 is 2.27 bits per heavy atom. The molecule has 0 bridgehead atoms. The summed E-state index contributed by atoms with van der Waals surface area (Å²) in [7, 11) is 0. The van der Waals surface area contributed by atoms with E-state index in [-0.39, 0.29) is 11.5 Å². The number of nitrogen functional groups attached to an aromatic ring is 1. The smallest absolute Gasteiger partial charge is 0.180 e. The van der Waals surface area contributed by atoms with Crippen molar-refractivity contribution >= 4 is 45.2 Å². The summed E-state index contributed by atoms with van der Waals surface area (Å²) in [6.45, 7) is 0. The molecule has 0 aliphatic heterocycles. The topological polar surface area (TPSA) is 38.9 Å². The first-order valence-electron chi connectivity index (χ1n) is 4.20. The van der Waals surface area contributed by atoms with Crippen molar-refractivity contribution in [1.82, 2.24) is 4.98 Å². The van der Waals surface area contributed by atoms with Crippen LogP contribution in [0.25, 0.3) is 5.57 Å². The first-order valence-corrected chi connectivity index (χ1v) is 5.84. The summed E-state index contributed by atoms with van der Waals surface area (Å²) in [5, 5.41) is 2.65. The molecular formula is C9H7Cl2FN2S. The van der Waals surface area contributed by atoms with Crippen molar-refractivity contribution in [1.29, 1.82) is 0 Å². The van der Waals surface area contributed by atoms with E-state index in [0.29, 0.717) is 21.4 Å². The fourth-order valence-electron chi connectivity index (χ4n) is 1.33. The van der Waals surface area contributed by atoms with Gasteiger partial charge in [0.25, 0.3) is 0 Å². The van der Waals surface area contributed by atoms with E-state index in [1.165, 1.54) is 11.3 Å². The Labute approximate surface area is 100 Å². The standard InChI is InChI=1S/C9H7Cl2FN2S/c10-4-1-2-5(12)8(11)7(4)6-3-15-9(13)14-6/h1,3,5H,2H2,(H2,13,14). The summed E-state index contributed by atoms with van der Waals surface area (Å²) in [6, 6.07) is 0. The molecule has 15 heavy (non-hydrogen) atoms. The Hall–Kier alpha value is -0.580. The summed E-state index contributed by atoms with van der Waals surface area (Å²) in [4.78, 5) is 4.03. The van der Waals surface area contributed by atoms with Gasteiger partial charge in [0.1, 0.15) is 6.17 Å². The zero-order valence-corrected chi connectivity index (χ0v) is 9.83. The van der Waals surface area contributed by atoms with Crippen LogP contribution in [0.15, 0.2) is 21.5 Å². The van der Waals surface area contributed by atoms with Gasteiger partial charge in [0.2, 0.25) is 0 Å². The lowest BCUT2D eigenvalue weighted by Gasteiger charge is -2.15. The van der Waals surface area contributed by atoms with Gasteiger partial charge in [-0.15, -0.1) is 11.3 Å². The highest BCUT2D eigenvalue weighted by Gasteiger charge is 2.24. The Bertz CT molecular complexity index is 453. The molecule has 1 atom stereocenters. The number of alkyl halides is 1. The van der Waals surface area contributed by atoms with Crippen LogP contribution in [0.5, 0.6) is 0 Å². The van der Waals surface area contributed by atoms with E-state index in [4.69, 9.17) is 28.9 Å². The Kier molecular flexibility index (Phi) is 3.00. The molecule has 2 N–H and O–H groups in total. The van der Waals surface area contributed by atoms with E-state index in [9.17, 15) is 4.39 Å². The minimum Gasteiger partial charge on any atom is -0.375 e. The van der Waals surface area contributed by atoms with Crippen LogP contribution < -0.4 is 5.73 Å². The first-order chi connectivity index (χ1) is 7.09. The summed E-state index contributed by atoms with van der Waals surface area (Å²) < 4.78 is 13.3. The van der Waals surface area contributed by atoms with E-state index in [2.05, 4.69) is 4.98 Å². The molecule has 6 heteroatoms. The van der Waals surface area contributed by atoms with Gasteiger partial charge in [0, 0.05) is 22.4 Å². The Balaban J connectivity index is 2.50. The van der Waals surface area contributed by atoms with E-state index < -0.39 is 6.17 Å². The normalized spacial score (nSPS) is 21.8. The lowest BCUT2D eigenvalue weighted by atomic mass is 10.0. The summed E-state index contributed by atoms with van der Waals surface area (Å²) >= 11 is 13.1. The fraction of sp³-hybridized carbons (Fsp3) is 0.222. The van der Waals surface area contributed by atoms with Crippen molar-refractivity contribution < 1.29 is 4.39 Å². The Morgan fingerprint density at radius 1 is 1.53 bits per heavy atom. The molecule has 1 unspecified atom stereocenters. The van der Waals surface area contributed by atoms with Crippen molar-refractivity contribution in [3.8, 4) is 0 Å². The lowest BCUT2D eigenvalue weighted by Crippen LogP contribution is -2.07. The van der Waals surface area contributed by atoms with E-state index in [1.54, 1.807) is 11.5 Å². The molecule has 2 nitrogen and oxygen atoms in total. The highest BCUT2D eigenvalue weighted by atomic mass is 35.5. The second-order valence-electron chi connectivity index (χ2n) is 3.05. The van der Waals surface area contributed by atoms with E-state index >= 15 is 0 Å². The number of allylic oxidation sites excluding steroid dienone is 4. The minimum absolute atomic E-state index is 0.104. The van der Waals surface area contributed by atoms with Crippen LogP contribution in [-0.2, 0) is 0 Å². The maximum absolute atomic E-state index is 13.3. The molecule has 0 amide bonds. The second kappa shape index (κ2) is 4.12. The van der Waals surface area contributed by atoms with Crippen LogP contribution in [0.2, 0.25) is 0 Å². The molecule has 1 aromatic rings. The van der Waals surface area contributed by atoms with Crippen LogP contribution in [-0.4, -0.2) is 11.2 Å². The van der Waals surface area contributed by atoms with Crippen molar-refractivity contribution in [3.05, 3.63) is 27.2 Å². The zero-order chi connectivity index (χ0) is 11.0. The third-order valence-electron chi connectivity index (χ3n) is 2.03. The number of thiazole rings is 1. The van der Waals surface area contributed by atoms with Gasteiger partial charge in [0.15, 0.2) is 5.13 Å². The maximum Gasteiger partial charge on any atom is 0.180 e. The van der Waals surface area contributed by atoms with Crippen LogP contribution in [0.3, 0.4) is 0 Å². The average Bonchev–Trinajstić information content (AvgIpc) is 2.59. The quantitative estimate of drug-likeness (QED) is 0.843. The molecule has 0 fully saturated rings. The van der Waals surface area contributed by atoms with Gasteiger partial charge in [-0.25, -0.2) is 9.37 Å². The molecule has 0 radical (unpaired) electrons. The number of nitrogens with zero attached hydrogens (tertiary/aromatic N) is 1. The highest BCUT2D eigenvalue weighted by molar-refractivity contribution is 7.13. The van der Waals surface area contributed by atoms with Crippen LogP contribution in [0, 0.1) is 0 Å². The van der Waals surface area contributed by atoms with Crippen LogP contribution in [0.1, 0.15) is 12.1 Å². The van der Waals surface area contributed by atoms with Crippen LogP contribution in [0.4, 0.5) is 9.52 Å². The molecule has 2 rings (SSSR count). The van der Waals surface area contributed by atoms with Crippen molar-refractivity contribution in [2.75, 3.05) is 5.73 Å². The summed E-state index contributed by atoms with van der Waals surface area (Å²) in [5.74, 6) is 0. The summed E-state index contributed by atoms with van der Waals surface area (Å²) in [6.07, 6.45) is 0.608. The number of hydrogen-bond donors (Lipinski definition) is 1. The molecule has 0 aromatic carbocycles. The first kappa shape index (κ1) is 10.9. The number of aromatic nitrogens is 1. The molecule has 0 saturated carbocycles. The van der Waals surface area contributed by atoms with E-state index in [1.807, 2.05) is 0 Å². The fourth-order valence-corrected chi connectivity index (χ4v) is 2.51. The van der Waals surface area contributed by atoms with Gasteiger partial charge in [-0.05, 0) is 0 Å². The predicted molar refractivity (Wildman–Crippen MR) is 62.7 cm³/mol. The second-order valence-corrected chi connectivity index (χ2v) is 4.75. The molecular weight excluding hydrogens is 258 g/mol. The number of halogens is 3. The largest absolute Gasteiger partial charge is 0.375 e. The van der Waals surface area contributed by atoms with Gasteiger partial charge < -0.3 is 5.73 Å². The lowest BCUT2D eigenvalue weighted by molar-refractivity contribution is 0.396. The van der Waals surface area contributed by atoms with E-state index in [0.717, 1.165) is 0 Å². The van der Waals surface area contributed by atoms with Crippen LogP contribution >= 0.6 is 34.5 Å². The average molecular weight is 265 g/mol. The van der Waals surface area contributed by atoms with Crippen molar-refractivity contribution in [2.45, 2.75) is 12.6 Å². The molecule has 1 aromatic heterocycles. The molecule has 1 heterocycles. The monoisotopic (exact) mass is 264 g/mol. The maximum atomic E-state index is 13.3. The van der Waals surface area contributed by atoms with Crippen molar-refractivity contribution in [2.24, 2.45) is 0 Å². The molecule has 0 saturated heterocycles. The Morgan fingerprint density at radius 3 is 2.87 bits per heavy atom. The van der Waals surface area contributed by atoms with Gasteiger partial charge >= 0.3 is 0 Å². The number of nitrogens with two attached hydrogens (primary N) is 1. The van der Waals surface area contributed by atoms with Gasteiger partial charge in [-0.1, -0.05) is 29.3 Å². The summed E-state index contributed by atoms with van der Waals surface area (Å²) in [5.41, 5.74) is 6.48. The third-order valence-corrected chi connectivity index (χ3v) is 3.48. The molecule has 1 aliphatic carbocycles. The molecule has 0 spiro atoms. The predicted octanol–water partition coefficient (Wildman–Crippen LogP) is 3.54. The van der Waals surface area contributed by atoms with Gasteiger partial charge in [0.05, 0.1) is 10.7 Å². The molecule has 80 valence electrons. The molecule has 1 aliphatic rings. The minimum atomic E-state index is -1.20.